The van der Waals surface area contributed by atoms with Crippen LogP contribution in [-0.4, -0.2) is 73.1 Å². The number of Topliss-reactive ketones (excluding diaryl/α,β-unsaturated/α-hetero) is 1. The second-order valence-electron chi connectivity index (χ2n) is 8.82. The largest absolute Gasteiger partial charge is 0.497 e. The lowest BCUT2D eigenvalue weighted by atomic mass is 10.1. The third-order valence-electron chi connectivity index (χ3n) is 6.52. The molecule has 182 valence electrons. The lowest BCUT2D eigenvalue weighted by molar-refractivity contribution is 0.101. The van der Waals surface area contributed by atoms with Crippen LogP contribution in [0, 0.1) is 0 Å². The third-order valence-corrected chi connectivity index (χ3v) is 6.52. The first-order valence-electron chi connectivity index (χ1n) is 11.5. The van der Waals surface area contributed by atoms with Gasteiger partial charge in [0.25, 0.3) is 0 Å². The Kier molecular flexibility index (Phi) is 6.19. The van der Waals surface area contributed by atoms with Gasteiger partial charge in [0.15, 0.2) is 5.76 Å². The molecule has 0 saturated carbocycles. The molecule has 3 aromatic rings. The van der Waals surface area contributed by atoms with E-state index in [0.29, 0.717) is 11.3 Å². The molecule has 2 aliphatic heterocycles. The van der Waals surface area contributed by atoms with Crippen molar-refractivity contribution in [3.8, 4) is 17.2 Å². The van der Waals surface area contributed by atoms with Crippen LogP contribution in [-0.2, 0) is 6.54 Å². The van der Waals surface area contributed by atoms with Crippen molar-refractivity contribution in [2.45, 2.75) is 6.54 Å². The van der Waals surface area contributed by atoms with E-state index in [-0.39, 0.29) is 17.3 Å². The average molecular weight is 477 g/mol. The Morgan fingerprint density at radius 3 is 2.60 bits per heavy atom. The van der Waals surface area contributed by atoms with Crippen molar-refractivity contribution in [2.75, 3.05) is 46.9 Å². The number of ketones is 1. The highest BCUT2D eigenvalue weighted by Gasteiger charge is 2.28. The number of benzene rings is 2. The molecular formula is C26H28N4O5. The summed E-state index contributed by atoms with van der Waals surface area (Å²) < 4.78 is 18.4. The SMILES string of the molecule is COc1ccc2c(c1)c(C=C1Oc3ccc(OC(N)=O)cc3C1=O)cn2CCN1CCN(C)CC1. The van der Waals surface area contributed by atoms with Crippen LogP contribution in [0.15, 0.2) is 48.4 Å². The van der Waals surface area contributed by atoms with Crippen LogP contribution in [0.3, 0.4) is 0 Å². The van der Waals surface area contributed by atoms with E-state index in [1.165, 1.54) is 12.1 Å². The summed E-state index contributed by atoms with van der Waals surface area (Å²) in [5.41, 5.74) is 7.33. The molecule has 2 N–H and O–H groups in total. The molecule has 1 amide bonds. The van der Waals surface area contributed by atoms with Crippen molar-refractivity contribution < 1.29 is 23.8 Å². The zero-order valence-corrected chi connectivity index (χ0v) is 19.8. The molecule has 0 bridgehead atoms. The topological polar surface area (TPSA) is 99.3 Å². The van der Waals surface area contributed by atoms with Gasteiger partial charge in [-0.1, -0.05) is 0 Å². The van der Waals surface area contributed by atoms with Gasteiger partial charge in [-0.25, -0.2) is 4.79 Å². The number of carbonyl (C=O) groups excluding carboxylic acids is 2. The fourth-order valence-corrected chi connectivity index (χ4v) is 4.54. The summed E-state index contributed by atoms with van der Waals surface area (Å²) in [6, 6.07) is 10.5. The van der Waals surface area contributed by atoms with Crippen LogP contribution >= 0.6 is 0 Å². The lowest BCUT2D eigenvalue weighted by Crippen LogP contribution is -2.45. The monoisotopic (exact) mass is 476 g/mol. The standard InChI is InChI=1S/C26H28N4O5/c1-28-7-9-29(10-8-28)11-12-30-16-17(20-14-18(33-2)3-5-22(20)30)13-24-25(31)21-15-19(34-26(27)32)4-6-23(21)35-24/h3-6,13-16H,7-12H2,1-2H3,(H2,27,32). The van der Waals surface area contributed by atoms with Crippen LogP contribution in [0.25, 0.3) is 17.0 Å². The Morgan fingerprint density at radius 2 is 1.86 bits per heavy atom. The van der Waals surface area contributed by atoms with E-state index in [2.05, 4.69) is 27.6 Å². The van der Waals surface area contributed by atoms with Gasteiger partial charge in [0.05, 0.1) is 12.7 Å². The first-order chi connectivity index (χ1) is 16.9. The molecule has 9 heteroatoms. The molecular weight excluding hydrogens is 448 g/mol. The van der Waals surface area contributed by atoms with Crippen LogP contribution in [0.2, 0.25) is 0 Å². The first-order valence-corrected chi connectivity index (χ1v) is 11.5. The Balaban J connectivity index is 1.44. The molecule has 35 heavy (non-hydrogen) atoms. The van der Waals surface area contributed by atoms with Gasteiger partial charge in [0, 0.05) is 61.9 Å². The van der Waals surface area contributed by atoms with Crippen molar-refractivity contribution in [3.05, 3.63) is 59.5 Å². The Bertz CT molecular complexity index is 1320. The Labute approximate surface area is 203 Å². The summed E-state index contributed by atoms with van der Waals surface area (Å²) >= 11 is 0. The van der Waals surface area contributed by atoms with E-state index < -0.39 is 6.09 Å². The van der Waals surface area contributed by atoms with Crippen LogP contribution in [0.4, 0.5) is 4.79 Å². The summed E-state index contributed by atoms with van der Waals surface area (Å²) in [7, 11) is 3.79. The van der Waals surface area contributed by atoms with Gasteiger partial charge in [-0.3, -0.25) is 9.69 Å². The summed E-state index contributed by atoms with van der Waals surface area (Å²) in [6.45, 7) is 6.05. The average Bonchev–Trinajstić information content (AvgIpc) is 3.35. The number of nitrogens with two attached hydrogens (primary N) is 1. The highest BCUT2D eigenvalue weighted by molar-refractivity contribution is 6.15. The molecule has 0 atom stereocenters. The van der Waals surface area contributed by atoms with Gasteiger partial charge in [-0.15, -0.1) is 0 Å². The minimum atomic E-state index is -0.939. The number of allylic oxidation sites excluding steroid dienone is 1. The number of rotatable bonds is 6. The number of hydrogen-bond donors (Lipinski definition) is 1. The van der Waals surface area contributed by atoms with E-state index in [1.807, 2.05) is 18.2 Å². The smallest absolute Gasteiger partial charge is 0.409 e. The zero-order chi connectivity index (χ0) is 24.5. The minimum Gasteiger partial charge on any atom is -0.497 e. The third kappa shape index (κ3) is 4.73. The number of primary amides is 1. The molecule has 5 rings (SSSR count). The van der Waals surface area contributed by atoms with Crippen molar-refractivity contribution in [3.63, 3.8) is 0 Å². The second-order valence-corrected chi connectivity index (χ2v) is 8.82. The predicted octanol–water partition coefficient (Wildman–Crippen LogP) is 2.97. The fraction of sp³-hybridized carbons (Fsp3) is 0.308. The Hall–Kier alpha value is -3.82. The maximum atomic E-state index is 13.1. The summed E-state index contributed by atoms with van der Waals surface area (Å²) in [5, 5.41) is 0.973. The van der Waals surface area contributed by atoms with Gasteiger partial charge >= 0.3 is 6.09 Å². The van der Waals surface area contributed by atoms with E-state index in [1.54, 1.807) is 19.3 Å². The lowest BCUT2D eigenvalue weighted by Gasteiger charge is -2.32. The molecule has 1 fully saturated rings. The quantitative estimate of drug-likeness (QED) is 0.546. The molecule has 9 nitrogen and oxygen atoms in total. The van der Waals surface area contributed by atoms with E-state index in [4.69, 9.17) is 19.9 Å². The number of ether oxygens (including phenoxy) is 3. The number of piperazine rings is 1. The summed E-state index contributed by atoms with van der Waals surface area (Å²) in [4.78, 5) is 28.9. The van der Waals surface area contributed by atoms with Gasteiger partial charge < -0.3 is 29.4 Å². The Morgan fingerprint density at radius 1 is 1.09 bits per heavy atom. The van der Waals surface area contributed by atoms with Crippen molar-refractivity contribution in [2.24, 2.45) is 5.73 Å². The zero-order valence-electron chi connectivity index (χ0n) is 19.8. The maximum absolute atomic E-state index is 13.1. The van der Waals surface area contributed by atoms with Crippen LogP contribution in [0.5, 0.6) is 17.2 Å². The molecule has 0 aliphatic carbocycles. The number of methoxy groups -OCH3 is 1. The number of nitrogens with zero attached hydrogens (tertiary/aromatic N) is 3. The molecule has 2 aliphatic rings. The normalized spacial score (nSPS) is 17.5. The number of amides is 1. The van der Waals surface area contributed by atoms with E-state index in [0.717, 1.165) is 61.5 Å². The van der Waals surface area contributed by atoms with Gasteiger partial charge in [-0.05, 0) is 49.5 Å². The molecule has 2 aromatic carbocycles. The second kappa shape index (κ2) is 9.44. The number of carbonyl (C=O) groups is 2. The molecule has 1 saturated heterocycles. The summed E-state index contributed by atoms with van der Waals surface area (Å²) in [6.07, 6.45) is 2.87. The van der Waals surface area contributed by atoms with Crippen LogP contribution in [0.1, 0.15) is 15.9 Å². The van der Waals surface area contributed by atoms with Gasteiger partial charge in [0.1, 0.15) is 17.2 Å². The fourth-order valence-electron chi connectivity index (χ4n) is 4.54. The van der Waals surface area contributed by atoms with Gasteiger partial charge in [0.2, 0.25) is 5.78 Å². The van der Waals surface area contributed by atoms with E-state index in [9.17, 15) is 9.59 Å². The highest BCUT2D eigenvalue weighted by atomic mass is 16.5. The number of aromatic nitrogens is 1. The van der Waals surface area contributed by atoms with Gasteiger partial charge in [-0.2, -0.15) is 0 Å². The number of hydrogen-bond acceptors (Lipinski definition) is 7. The van der Waals surface area contributed by atoms with Crippen molar-refractivity contribution >= 4 is 28.9 Å². The number of fused-ring (bicyclic) bond motifs is 2. The molecule has 0 spiro atoms. The minimum absolute atomic E-state index is 0.194. The maximum Gasteiger partial charge on any atom is 0.409 e. The first kappa shape index (κ1) is 22.9. The number of likely N-dealkylation sites (N-methyl/N-ethyl adjacent to an activating group) is 1. The molecule has 0 unspecified atom stereocenters. The highest BCUT2D eigenvalue weighted by Crippen LogP contribution is 2.36. The predicted molar refractivity (Wildman–Crippen MR) is 132 cm³/mol. The van der Waals surface area contributed by atoms with Crippen molar-refractivity contribution in [1.82, 2.24) is 14.4 Å². The van der Waals surface area contributed by atoms with Crippen LogP contribution < -0.4 is 19.9 Å². The van der Waals surface area contributed by atoms with Crippen molar-refractivity contribution in [1.29, 1.82) is 0 Å². The summed E-state index contributed by atoms with van der Waals surface area (Å²) in [5.74, 6) is 1.27. The van der Waals surface area contributed by atoms with E-state index >= 15 is 0 Å². The molecule has 0 radical (unpaired) electrons. The molecule has 1 aromatic heterocycles. The molecule has 3 heterocycles.